The quantitative estimate of drug-likeness (QED) is 0.609. The molecule has 2 aliphatic carbocycles. The fourth-order valence-corrected chi connectivity index (χ4v) is 5.18. The van der Waals surface area contributed by atoms with Crippen LogP contribution in [-0.2, 0) is 9.59 Å². The maximum Gasteiger partial charge on any atom is 0.272 e. The number of carbonyl (C=O) groups is 2. The largest absolute Gasteiger partial charge is 0.392 e. The monoisotopic (exact) mass is 439 g/mol. The smallest absolute Gasteiger partial charge is 0.272 e. The zero-order chi connectivity index (χ0) is 22.7. The summed E-state index contributed by atoms with van der Waals surface area (Å²) in [5.41, 5.74) is 2.77. The van der Waals surface area contributed by atoms with Crippen molar-refractivity contribution in [2.75, 3.05) is 11.9 Å². The Morgan fingerprint density at radius 2 is 1.94 bits per heavy atom. The average molecular weight is 440 g/mol. The standard InChI is InChI=1S/C26H37N3O3/c1-3-4-13-22(30)20(16-17-14-15-17)25(31)28-24-26(32)29(2)21-12-8-7-11-19(21)23(27-24)18-9-5-6-10-18/h7-8,11-12,17-18,20,22,24,30H,3-6,9-10,13-16H2,1-2H3,(H,28,31). The van der Waals surface area contributed by atoms with E-state index in [-0.39, 0.29) is 11.8 Å². The van der Waals surface area contributed by atoms with Gasteiger partial charge in [0.2, 0.25) is 12.1 Å². The van der Waals surface area contributed by atoms with Crippen molar-refractivity contribution in [1.82, 2.24) is 5.32 Å². The van der Waals surface area contributed by atoms with E-state index in [9.17, 15) is 14.7 Å². The molecular formula is C26H37N3O3. The number of benzene rings is 1. The maximum atomic E-state index is 13.3. The third kappa shape index (κ3) is 5.06. The molecule has 2 N–H and O–H groups in total. The van der Waals surface area contributed by atoms with Gasteiger partial charge in [-0.25, -0.2) is 0 Å². The van der Waals surface area contributed by atoms with Gasteiger partial charge < -0.3 is 15.3 Å². The molecule has 1 aromatic carbocycles. The average Bonchev–Trinajstić information content (AvgIpc) is 3.49. The number of hydrogen-bond donors (Lipinski definition) is 2. The first-order chi connectivity index (χ1) is 15.5. The minimum Gasteiger partial charge on any atom is -0.392 e. The summed E-state index contributed by atoms with van der Waals surface area (Å²) in [7, 11) is 1.76. The van der Waals surface area contributed by atoms with Crippen molar-refractivity contribution in [3.05, 3.63) is 29.8 Å². The van der Waals surface area contributed by atoms with Crippen molar-refractivity contribution in [3.8, 4) is 0 Å². The summed E-state index contributed by atoms with van der Waals surface area (Å²) in [5, 5.41) is 13.7. The minimum absolute atomic E-state index is 0.230. The van der Waals surface area contributed by atoms with E-state index in [1.807, 2.05) is 24.3 Å². The number of unbranched alkanes of at least 4 members (excludes halogenated alkanes) is 1. The van der Waals surface area contributed by atoms with Gasteiger partial charge in [0.1, 0.15) is 0 Å². The highest BCUT2D eigenvalue weighted by Crippen LogP contribution is 2.37. The normalized spacial score (nSPS) is 23.3. The van der Waals surface area contributed by atoms with Crippen molar-refractivity contribution < 1.29 is 14.7 Å². The first kappa shape index (κ1) is 23.0. The van der Waals surface area contributed by atoms with Gasteiger partial charge in [0.05, 0.1) is 23.4 Å². The first-order valence-corrected chi connectivity index (χ1v) is 12.4. The van der Waals surface area contributed by atoms with Gasteiger partial charge in [-0.15, -0.1) is 0 Å². The number of anilines is 1. The van der Waals surface area contributed by atoms with Gasteiger partial charge in [-0.2, -0.15) is 0 Å². The lowest BCUT2D eigenvalue weighted by atomic mass is 9.91. The molecule has 32 heavy (non-hydrogen) atoms. The number of aliphatic imine (C=N–C) groups is 1. The second-order valence-electron chi connectivity index (χ2n) is 9.82. The number of para-hydroxylation sites is 1. The van der Waals surface area contributed by atoms with Crippen LogP contribution in [0.4, 0.5) is 5.69 Å². The molecule has 0 saturated heterocycles. The Morgan fingerprint density at radius 3 is 2.62 bits per heavy atom. The molecule has 3 unspecified atom stereocenters. The highest BCUT2D eigenvalue weighted by atomic mass is 16.3. The summed E-state index contributed by atoms with van der Waals surface area (Å²) in [5.74, 6) is -0.133. The summed E-state index contributed by atoms with van der Waals surface area (Å²) in [6.45, 7) is 2.08. The molecule has 1 aromatic rings. The second kappa shape index (κ2) is 10.2. The first-order valence-electron chi connectivity index (χ1n) is 12.4. The van der Waals surface area contributed by atoms with Crippen molar-refractivity contribution >= 4 is 23.2 Å². The third-order valence-electron chi connectivity index (χ3n) is 7.33. The topological polar surface area (TPSA) is 82.0 Å². The van der Waals surface area contributed by atoms with Crippen LogP contribution in [0, 0.1) is 17.8 Å². The Balaban J connectivity index is 1.60. The van der Waals surface area contributed by atoms with Crippen molar-refractivity contribution in [2.45, 2.75) is 83.4 Å². The number of likely N-dealkylation sites (N-methyl/N-ethyl adjacent to an activating group) is 1. The van der Waals surface area contributed by atoms with Gasteiger partial charge in [0.15, 0.2) is 0 Å². The van der Waals surface area contributed by atoms with E-state index in [1.165, 1.54) is 12.8 Å². The van der Waals surface area contributed by atoms with Crippen LogP contribution in [-0.4, -0.2) is 41.9 Å². The predicted octanol–water partition coefficient (Wildman–Crippen LogP) is 4.05. The fourth-order valence-electron chi connectivity index (χ4n) is 5.18. The van der Waals surface area contributed by atoms with E-state index in [4.69, 9.17) is 4.99 Å². The van der Waals surface area contributed by atoms with E-state index in [1.54, 1.807) is 11.9 Å². The fraction of sp³-hybridized carbons (Fsp3) is 0.654. The summed E-state index contributed by atoms with van der Waals surface area (Å²) in [6, 6.07) is 7.90. The van der Waals surface area contributed by atoms with Crippen molar-refractivity contribution in [3.63, 3.8) is 0 Å². The van der Waals surface area contributed by atoms with Crippen LogP contribution >= 0.6 is 0 Å². The SMILES string of the molecule is CCCCC(O)C(CC1CC1)C(=O)NC1N=C(C2CCCC2)c2ccccc2N(C)C1=O. The lowest BCUT2D eigenvalue weighted by Crippen LogP contribution is -2.49. The van der Waals surface area contributed by atoms with Crippen LogP contribution in [0.25, 0.3) is 0 Å². The minimum atomic E-state index is -0.949. The Morgan fingerprint density at radius 1 is 1.22 bits per heavy atom. The summed E-state index contributed by atoms with van der Waals surface area (Å²) in [4.78, 5) is 33.2. The van der Waals surface area contributed by atoms with Crippen LogP contribution in [0.3, 0.4) is 0 Å². The number of aliphatic hydroxyl groups excluding tert-OH is 1. The van der Waals surface area contributed by atoms with E-state index in [0.717, 1.165) is 55.5 Å². The highest BCUT2D eigenvalue weighted by molar-refractivity contribution is 6.14. The van der Waals surface area contributed by atoms with Gasteiger partial charge >= 0.3 is 0 Å². The number of benzodiazepines with no additional fused rings is 1. The molecular weight excluding hydrogens is 402 g/mol. The molecule has 6 heteroatoms. The molecule has 3 aliphatic rings. The Kier molecular flexibility index (Phi) is 7.29. The van der Waals surface area contributed by atoms with E-state index in [2.05, 4.69) is 12.2 Å². The van der Waals surface area contributed by atoms with Gasteiger partial charge in [-0.1, -0.05) is 63.6 Å². The highest BCUT2D eigenvalue weighted by Gasteiger charge is 2.38. The van der Waals surface area contributed by atoms with Crippen LogP contribution in [0.5, 0.6) is 0 Å². The number of nitrogens with zero attached hydrogens (tertiary/aromatic N) is 2. The molecule has 1 heterocycles. The van der Waals surface area contributed by atoms with Gasteiger partial charge in [-0.3, -0.25) is 14.6 Å². The predicted molar refractivity (Wildman–Crippen MR) is 127 cm³/mol. The number of amides is 2. The van der Waals surface area contributed by atoms with Gasteiger partial charge in [-0.05, 0) is 37.7 Å². The number of nitrogens with one attached hydrogen (secondary N) is 1. The number of fused-ring (bicyclic) bond motifs is 1. The number of rotatable bonds is 9. The molecule has 0 bridgehead atoms. The van der Waals surface area contributed by atoms with E-state index >= 15 is 0 Å². The molecule has 0 radical (unpaired) electrons. The molecule has 0 spiro atoms. The molecule has 2 saturated carbocycles. The maximum absolute atomic E-state index is 13.3. The molecule has 174 valence electrons. The molecule has 0 aromatic heterocycles. The van der Waals surface area contributed by atoms with Crippen LogP contribution in [0.2, 0.25) is 0 Å². The molecule has 4 rings (SSSR count). The van der Waals surface area contributed by atoms with Crippen molar-refractivity contribution in [2.24, 2.45) is 22.7 Å². The number of aliphatic hydroxyl groups is 1. The third-order valence-corrected chi connectivity index (χ3v) is 7.33. The second-order valence-corrected chi connectivity index (χ2v) is 9.82. The molecule has 6 nitrogen and oxygen atoms in total. The van der Waals surface area contributed by atoms with Crippen molar-refractivity contribution in [1.29, 1.82) is 0 Å². The summed E-state index contributed by atoms with van der Waals surface area (Å²) in [6.07, 6.45) is 8.24. The molecule has 1 aliphatic heterocycles. The molecule has 3 atom stereocenters. The molecule has 2 amide bonds. The zero-order valence-corrected chi connectivity index (χ0v) is 19.4. The van der Waals surface area contributed by atoms with Gasteiger partial charge in [0, 0.05) is 18.5 Å². The Labute approximate surface area is 191 Å². The Hall–Kier alpha value is -2.21. The van der Waals surface area contributed by atoms with Gasteiger partial charge in [0.25, 0.3) is 5.91 Å². The Bertz CT molecular complexity index is 858. The lowest BCUT2D eigenvalue weighted by Gasteiger charge is -2.25. The summed E-state index contributed by atoms with van der Waals surface area (Å²) < 4.78 is 0. The number of carbonyl (C=O) groups excluding carboxylic acids is 2. The van der Waals surface area contributed by atoms with Crippen LogP contribution < -0.4 is 10.2 Å². The van der Waals surface area contributed by atoms with Crippen LogP contribution in [0.1, 0.15) is 76.7 Å². The van der Waals surface area contributed by atoms with Crippen LogP contribution in [0.15, 0.2) is 29.3 Å². The summed E-state index contributed by atoms with van der Waals surface area (Å²) >= 11 is 0. The molecule has 2 fully saturated rings. The number of hydrogen-bond acceptors (Lipinski definition) is 4. The zero-order valence-electron chi connectivity index (χ0n) is 19.4. The van der Waals surface area contributed by atoms with E-state index < -0.39 is 18.2 Å². The van der Waals surface area contributed by atoms with E-state index in [0.29, 0.717) is 24.7 Å². The lowest BCUT2D eigenvalue weighted by molar-refractivity contribution is -0.133.